The number of nitrogens with two attached hydrogens (primary N) is 1. The molecule has 0 aliphatic carbocycles. The van der Waals surface area contributed by atoms with Gasteiger partial charge in [-0.05, 0) is 26.0 Å². The summed E-state index contributed by atoms with van der Waals surface area (Å²) in [7, 11) is -3.14. The molecule has 104 valence electrons. The summed E-state index contributed by atoms with van der Waals surface area (Å²) in [6.07, 6.45) is 2.92. The first-order chi connectivity index (χ1) is 8.71. The van der Waals surface area contributed by atoms with E-state index in [2.05, 4.69) is 15.5 Å². The summed E-state index contributed by atoms with van der Waals surface area (Å²) in [4.78, 5) is 0. The second-order valence-corrected chi connectivity index (χ2v) is 7.93. The largest absolute Gasteiger partial charge is 0.397 e. The Morgan fingerprint density at radius 2 is 2.11 bits per heavy atom. The summed E-state index contributed by atoms with van der Waals surface area (Å²) in [5.74, 6) is 0. The Hall–Kier alpha value is -1.76. The van der Waals surface area contributed by atoms with Crippen LogP contribution in [0.3, 0.4) is 0 Å². The molecule has 4 N–H and O–H groups in total. The smallest absolute Gasteiger partial charge is 0.154 e. The van der Waals surface area contributed by atoms with E-state index in [1.54, 1.807) is 26.1 Å². The summed E-state index contributed by atoms with van der Waals surface area (Å²) in [6, 6.07) is 3.63. The van der Waals surface area contributed by atoms with Gasteiger partial charge in [0.1, 0.15) is 0 Å². The Labute approximate surface area is 112 Å². The third-order valence-electron chi connectivity index (χ3n) is 3.32. The number of nitrogen functional groups attached to an aromatic ring is 1. The van der Waals surface area contributed by atoms with E-state index in [4.69, 9.17) is 5.73 Å². The molecule has 0 aliphatic rings. The Morgan fingerprint density at radius 1 is 1.42 bits per heavy atom. The number of hydrogen-bond acceptors (Lipinski definition) is 5. The van der Waals surface area contributed by atoms with Crippen LogP contribution in [0.5, 0.6) is 0 Å². The van der Waals surface area contributed by atoms with E-state index in [-0.39, 0.29) is 6.54 Å². The first kappa shape index (κ1) is 13.7. The molecule has 0 saturated heterocycles. The zero-order valence-electron chi connectivity index (χ0n) is 11.2. The highest BCUT2D eigenvalue weighted by atomic mass is 32.2. The number of aromatic nitrogens is 2. The van der Waals surface area contributed by atoms with Gasteiger partial charge in [-0.25, -0.2) is 8.42 Å². The lowest BCUT2D eigenvalue weighted by Crippen LogP contribution is -2.38. The number of nitrogens with one attached hydrogen (secondary N) is 2. The van der Waals surface area contributed by atoms with Gasteiger partial charge in [-0.2, -0.15) is 5.10 Å². The Kier molecular flexibility index (Phi) is 3.17. The molecule has 1 aromatic carbocycles. The molecule has 0 aliphatic heterocycles. The van der Waals surface area contributed by atoms with Gasteiger partial charge in [-0.1, -0.05) is 0 Å². The molecule has 0 bridgehead atoms. The number of hydrogen-bond donors (Lipinski definition) is 3. The molecular weight excluding hydrogens is 264 g/mol. The summed E-state index contributed by atoms with van der Waals surface area (Å²) in [5, 5.41) is 10.8. The average Bonchev–Trinajstić information content (AvgIpc) is 2.71. The number of anilines is 2. The number of fused-ring (bicyclic) bond motifs is 1. The Morgan fingerprint density at radius 3 is 2.74 bits per heavy atom. The van der Waals surface area contributed by atoms with E-state index in [1.165, 1.54) is 6.26 Å². The van der Waals surface area contributed by atoms with Crippen molar-refractivity contribution in [1.82, 2.24) is 10.2 Å². The summed E-state index contributed by atoms with van der Waals surface area (Å²) in [6.45, 7) is 3.65. The third-order valence-corrected chi connectivity index (χ3v) is 5.47. The van der Waals surface area contributed by atoms with E-state index in [0.717, 1.165) is 10.9 Å². The molecule has 0 atom stereocenters. The topological polar surface area (TPSA) is 101 Å². The van der Waals surface area contributed by atoms with E-state index in [9.17, 15) is 8.42 Å². The molecule has 0 radical (unpaired) electrons. The second kappa shape index (κ2) is 4.41. The van der Waals surface area contributed by atoms with Gasteiger partial charge in [0.15, 0.2) is 9.84 Å². The normalized spacial score (nSPS) is 12.8. The van der Waals surface area contributed by atoms with Crippen molar-refractivity contribution in [2.45, 2.75) is 18.6 Å². The summed E-state index contributed by atoms with van der Waals surface area (Å²) in [5.41, 5.74) is 8.06. The van der Waals surface area contributed by atoms with Crippen molar-refractivity contribution in [3.63, 3.8) is 0 Å². The predicted molar refractivity (Wildman–Crippen MR) is 77.9 cm³/mol. The molecule has 0 saturated carbocycles. The predicted octanol–water partition coefficient (Wildman–Crippen LogP) is 1.38. The van der Waals surface area contributed by atoms with Crippen LogP contribution in [0.1, 0.15) is 13.8 Å². The lowest BCUT2D eigenvalue weighted by Gasteiger charge is -2.23. The minimum atomic E-state index is -3.14. The Balaban J connectivity index is 2.24. The van der Waals surface area contributed by atoms with Gasteiger partial charge in [0.25, 0.3) is 0 Å². The number of benzene rings is 1. The van der Waals surface area contributed by atoms with Crippen LogP contribution < -0.4 is 11.1 Å². The fourth-order valence-corrected chi connectivity index (χ4v) is 1.94. The summed E-state index contributed by atoms with van der Waals surface area (Å²) < 4.78 is 22.4. The van der Waals surface area contributed by atoms with Crippen LogP contribution in [0.25, 0.3) is 10.9 Å². The zero-order valence-corrected chi connectivity index (χ0v) is 12.0. The second-order valence-electron chi connectivity index (χ2n) is 5.28. The average molecular weight is 282 g/mol. The lowest BCUT2D eigenvalue weighted by molar-refractivity contribution is 0.560. The minimum absolute atomic E-state index is 0.287. The first-order valence-electron chi connectivity index (χ1n) is 5.87. The quantitative estimate of drug-likeness (QED) is 0.735. The van der Waals surface area contributed by atoms with Gasteiger partial charge < -0.3 is 11.1 Å². The van der Waals surface area contributed by atoms with Crippen LogP contribution in [0, 0.1) is 0 Å². The fraction of sp³-hybridized carbons (Fsp3) is 0.417. The number of nitrogens with zero attached hydrogens (tertiary/aromatic N) is 1. The van der Waals surface area contributed by atoms with Gasteiger partial charge in [-0.3, -0.25) is 5.10 Å². The van der Waals surface area contributed by atoms with E-state index < -0.39 is 14.6 Å². The van der Waals surface area contributed by atoms with Crippen molar-refractivity contribution in [2.75, 3.05) is 23.9 Å². The molecular formula is C12H18N4O2S. The summed E-state index contributed by atoms with van der Waals surface area (Å²) >= 11 is 0. The van der Waals surface area contributed by atoms with Crippen LogP contribution in [0.15, 0.2) is 18.3 Å². The molecule has 0 spiro atoms. The maximum absolute atomic E-state index is 11.6. The van der Waals surface area contributed by atoms with E-state index in [1.807, 2.05) is 6.07 Å². The molecule has 1 heterocycles. The number of sulfone groups is 1. The van der Waals surface area contributed by atoms with Crippen LogP contribution in [-0.4, -0.2) is 36.2 Å². The van der Waals surface area contributed by atoms with Crippen LogP contribution in [0.4, 0.5) is 11.4 Å². The van der Waals surface area contributed by atoms with Crippen LogP contribution >= 0.6 is 0 Å². The van der Waals surface area contributed by atoms with Crippen molar-refractivity contribution < 1.29 is 8.42 Å². The van der Waals surface area contributed by atoms with Gasteiger partial charge in [0.05, 0.1) is 27.8 Å². The van der Waals surface area contributed by atoms with Gasteiger partial charge in [0.2, 0.25) is 0 Å². The van der Waals surface area contributed by atoms with E-state index >= 15 is 0 Å². The van der Waals surface area contributed by atoms with Gasteiger partial charge in [0, 0.05) is 18.2 Å². The first-order valence-corrected chi connectivity index (χ1v) is 7.76. The molecule has 0 amide bonds. The number of rotatable bonds is 4. The lowest BCUT2D eigenvalue weighted by atomic mass is 10.1. The molecule has 2 aromatic rings. The minimum Gasteiger partial charge on any atom is -0.397 e. The maximum Gasteiger partial charge on any atom is 0.154 e. The zero-order chi connectivity index (χ0) is 14.3. The van der Waals surface area contributed by atoms with Gasteiger partial charge in [-0.15, -0.1) is 0 Å². The SMILES string of the molecule is CC(C)(CNc1cc2[nH]ncc2cc1N)S(C)(=O)=O. The maximum atomic E-state index is 11.6. The highest BCUT2D eigenvalue weighted by Gasteiger charge is 2.29. The van der Waals surface area contributed by atoms with Crippen molar-refractivity contribution in [1.29, 1.82) is 0 Å². The molecule has 6 nitrogen and oxygen atoms in total. The van der Waals surface area contributed by atoms with Crippen molar-refractivity contribution in [3.05, 3.63) is 18.3 Å². The highest BCUT2D eigenvalue weighted by molar-refractivity contribution is 7.92. The van der Waals surface area contributed by atoms with E-state index in [0.29, 0.717) is 11.4 Å². The third kappa shape index (κ3) is 2.65. The molecule has 1 aromatic heterocycles. The molecule has 7 heteroatoms. The Bertz CT molecular complexity index is 704. The van der Waals surface area contributed by atoms with Crippen molar-refractivity contribution in [3.8, 4) is 0 Å². The highest BCUT2D eigenvalue weighted by Crippen LogP contribution is 2.26. The fourth-order valence-electron chi connectivity index (χ4n) is 1.60. The number of H-pyrrole nitrogens is 1. The van der Waals surface area contributed by atoms with Crippen molar-refractivity contribution >= 4 is 32.1 Å². The number of aromatic amines is 1. The standard InChI is InChI=1S/C12H18N4O2S/c1-12(2,19(3,17)18)7-14-11-5-10-8(4-9(11)13)6-15-16-10/h4-6,14H,7,13H2,1-3H3,(H,15,16). The monoisotopic (exact) mass is 282 g/mol. The van der Waals surface area contributed by atoms with Crippen molar-refractivity contribution in [2.24, 2.45) is 0 Å². The molecule has 2 rings (SSSR count). The van der Waals surface area contributed by atoms with Gasteiger partial charge >= 0.3 is 0 Å². The molecule has 0 unspecified atom stereocenters. The van der Waals surface area contributed by atoms with Crippen LogP contribution in [-0.2, 0) is 9.84 Å². The molecule has 0 fully saturated rings. The molecule has 19 heavy (non-hydrogen) atoms. The van der Waals surface area contributed by atoms with Crippen LogP contribution in [0.2, 0.25) is 0 Å².